The number of fused-ring (bicyclic) bond motifs is 9. The zero-order chi connectivity index (χ0) is 35.6. The molecule has 0 saturated carbocycles. The van der Waals surface area contributed by atoms with Gasteiger partial charge in [-0.2, -0.15) is 0 Å². The summed E-state index contributed by atoms with van der Waals surface area (Å²) in [5, 5.41) is 1.05. The fourth-order valence-corrected chi connectivity index (χ4v) is 9.31. The summed E-state index contributed by atoms with van der Waals surface area (Å²) in [7, 11) is 0. The second-order valence-electron chi connectivity index (χ2n) is 14.4. The largest absolute Gasteiger partial charge is 0.310 e. The molecule has 0 saturated heterocycles. The summed E-state index contributed by atoms with van der Waals surface area (Å²) < 4.78 is 0. The van der Waals surface area contributed by atoms with E-state index in [9.17, 15) is 0 Å². The van der Waals surface area contributed by atoms with Crippen molar-refractivity contribution in [3.05, 3.63) is 216 Å². The van der Waals surface area contributed by atoms with Crippen LogP contribution in [0.4, 0.5) is 17.1 Å². The van der Waals surface area contributed by atoms with Crippen molar-refractivity contribution in [2.75, 3.05) is 4.90 Å². The number of aromatic nitrogens is 2. The van der Waals surface area contributed by atoms with Crippen LogP contribution in [0.15, 0.2) is 194 Å². The molecule has 8 aromatic rings. The van der Waals surface area contributed by atoms with E-state index in [1.54, 1.807) is 0 Å². The van der Waals surface area contributed by atoms with E-state index >= 15 is 0 Å². The summed E-state index contributed by atoms with van der Waals surface area (Å²) in [4.78, 5) is 12.7. The van der Waals surface area contributed by atoms with Gasteiger partial charge in [0.05, 0.1) is 28.0 Å². The van der Waals surface area contributed by atoms with E-state index < -0.39 is 5.41 Å². The van der Waals surface area contributed by atoms with E-state index in [0.717, 1.165) is 52.0 Å². The first kappa shape index (κ1) is 30.8. The van der Waals surface area contributed by atoms with Gasteiger partial charge in [0.2, 0.25) is 0 Å². The maximum Gasteiger partial charge on any atom is 0.160 e. The number of para-hydroxylation sites is 4. The lowest BCUT2D eigenvalue weighted by Crippen LogP contribution is -2.37. The van der Waals surface area contributed by atoms with Gasteiger partial charge in [0.15, 0.2) is 5.82 Å². The van der Waals surface area contributed by atoms with Gasteiger partial charge in [0.25, 0.3) is 0 Å². The number of hydrogen-bond donors (Lipinski definition) is 0. The molecule has 3 aliphatic rings. The summed E-state index contributed by atoms with van der Waals surface area (Å²) >= 11 is 0. The molecule has 2 heterocycles. The number of allylic oxidation sites excluding steroid dienone is 4. The van der Waals surface area contributed by atoms with Crippen molar-refractivity contribution in [3.63, 3.8) is 0 Å². The third kappa shape index (κ3) is 4.48. The van der Waals surface area contributed by atoms with Crippen LogP contribution in [0.3, 0.4) is 0 Å². The SMILES string of the molecule is C1=CC2=C(CC1)C1(c3cc(-c4cccc(-c5nc(-c6ccccc6)c6ccccc6n5)c4)ccc32)c2ccccc2N(c2ccccc2)c2ccccc21. The Morgan fingerprint density at radius 1 is 0.500 bits per heavy atom. The standard InChI is InChI=1S/C51H35N3/c1-3-16-34(17-4-1)49-41-23-8-12-27-46(41)52-50(53-49)37-19-15-18-35(32-37)36-30-31-40-39-22-7-9-24-42(39)51(45(40)33-36)43-25-10-13-28-47(43)54(38-20-5-2-6-21-38)48-29-14-11-26-44(48)51/h1-8,10-23,25-33H,9,24H2. The van der Waals surface area contributed by atoms with Crippen LogP contribution in [-0.4, -0.2) is 9.97 Å². The molecular formula is C51H35N3. The zero-order valence-corrected chi connectivity index (χ0v) is 29.7. The van der Waals surface area contributed by atoms with E-state index in [0.29, 0.717) is 0 Å². The van der Waals surface area contributed by atoms with E-state index in [-0.39, 0.29) is 0 Å². The first-order valence-corrected chi connectivity index (χ1v) is 18.8. The molecule has 1 spiro atoms. The smallest absolute Gasteiger partial charge is 0.160 e. The molecular weight excluding hydrogens is 655 g/mol. The number of rotatable bonds is 4. The molecule has 1 aromatic heterocycles. The Balaban J connectivity index is 1.11. The molecule has 0 atom stereocenters. The van der Waals surface area contributed by atoms with Crippen LogP contribution in [0.1, 0.15) is 35.1 Å². The molecule has 7 aromatic carbocycles. The van der Waals surface area contributed by atoms with Crippen molar-refractivity contribution in [2.45, 2.75) is 18.3 Å². The van der Waals surface area contributed by atoms with Crippen molar-refractivity contribution < 1.29 is 0 Å². The molecule has 0 N–H and O–H groups in total. The van der Waals surface area contributed by atoms with Gasteiger partial charge in [0.1, 0.15) is 0 Å². The second-order valence-corrected chi connectivity index (χ2v) is 14.4. The Hall–Kier alpha value is -6.84. The summed E-state index contributed by atoms with van der Waals surface area (Å²) in [6.07, 6.45) is 6.78. The molecule has 1 aliphatic heterocycles. The predicted molar refractivity (Wildman–Crippen MR) is 222 cm³/mol. The van der Waals surface area contributed by atoms with Gasteiger partial charge in [-0.3, -0.25) is 0 Å². The highest BCUT2D eigenvalue weighted by Crippen LogP contribution is 2.64. The lowest BCUT2D eigenvalue weighted by Gasteiger charge is -2.46. The van der Waals surface area contributed by atoms with Crippen LogP contribution in [0, 0.1) is 0 Å². The summed E-state index contributed by atoms with van der Waals surface area (Å²) in [6, 6.07) is 63.6. The Labute approximate surface area is 315 Å². The minimum Gasteiger partial charge on any atom is -0.310 e. The lowest BCUT2D eigenvalue weighted by molar-refractivity contribution is 0.687. The fraction of sp³-hybridized carbons (Fsp3) is 0.0588. The molecule has 3 heteroatoms. The minimum atomic E-state index is -0.423. The Kier molecular flexibility index (Phi) is 6.90. The highest BCUT2D eigenvalue weighted by atomic mass is 15.2. The van der Waals surface area contributed by atoms with Crippen molar-refractivity contribution in [1.29, 1.82) is 0 Å². The molecule has 0 bridgehead atoms. The summed E-state index contributed by atoms with van der Waals surface area (Å²) in [5.41, 5.74) is 17.7. The Morgan fingerprint density at radius 3 is 1.94 bits per heavy atom. The molecule has 254 valence electrons. The predicted octanol–water partition coefficient (Wildman–Crippen LogP) is 12.9. The quantitative estimate of drug-likeness (QED) is 0.184. The number of hydrogen-bond acceptors (Lipinski definition) is 3. The third-order valence-corrected chi connectivity index (χ3v) is 11.6. The number of nitrogens with zero attached hydrogens (tertiary/aromatic N) is 3. The molecule has 0 unspecified atom stereocenters. The van der Waals surface area contributed by atoms with Gasteiger partial charge in [0, 0.05) is 22.2 Å². The molecule has 54 heavy (non-hydrogen) atoms. The average molecular weight is 690 g/mol. The number of benzene rings is 7. The first-order chi connectivity index (χ1) is 26.8. The van der Waals surface area contributed by atoms with E-state index in [4.69, 9.17) is 9.97 Å². The molecule has 3 nitrogen and oxygen atoms in total. The number of anilines is 3. The van der Waals surface area contributed by atoms with Crippen molar-refractivity contribution >= 4 is 33.5 Å². The first-order valence-electron chi connectivity index (χ1n) is 18.8. The molecule has 11 rings (SSSR count). The lowest BCUT2D eigenvalue weighted by atomic mass is 9.62. The molecule has 0 fully saturated rings. The second kappa shape index (κ2) is 12.1. The zero-order valence-electron chi connectivity index (χ0n) is 29.7. The van der Waals surface area contributed by atoms with E-state index in [1.807, 2.05) is 12.1 Å². The highest BCUT2D eigenvalue weighted by Gasteiger charge is 2.52. The van der Waals surface area contributed by atoms with Crippen molar-refractivity contribution in [3.8, 4) is 33.8 Å². The maximum absolute atomic E-state index is 5.20. The third-order valence-electron chi connectivity index (χ3n) is 11.6. The van der Waals surface area contributed by atoms with Crippen LogP contribution in [0.5, 0.6) is 0 Å². The van der Waals surface area contributed by atoms with Crippen LogP contribution >= 0.6 is 0 Å². The van der Waals surface area contributed by atoms with Crippen LogP contribution in [0.2, 0.25) is 0 Å². The summed E-state index contributed by atoms with van der Waals surface area (Å²) in [6.45, 7) is 0. The van der Waals surface area contributed by atoms with Crippen molar-refractivity contribution in [2.24, 2.45) is 0 Å². The molecule has 2 aliphatic carbocycles. The highest BCUT2D eigenvalue weighted by molar-refractivity contribution is 5.98. The van der Waals surface area contributed by atoms with E-state index in [2.05, 4.69) is 181 Å². The van der Waals surface area contributed by atoms with Gasteiger partial charge >= 0.3 is 0 Å². The van der Waals surface area contributed by atoms with Crippen molar-refractivity contribution in [1.82, 2.24) is 9.97 Å². The molecule has 0 amide bonds. The fourth-order valence-electron chi connectivity index (χ4n) is 9.31. The summed E-state index contributed by atoms with van der Waals surface area (Å²) in [5.74, 6) is 0.727. The van der Waals surface area contributed by atoms with Crippen LogP contribution in [-0.2, 0) is 5.41 Å². The Morgan fingerprint density at radius 2 is 1.15 bits per heavy atom. The van der Waals surface area contributed by atoms with Gasteiger partial charge in [-0.15, -0.1) is 0 Å². The minimum absolute atomic E-state index is 0.423. The van der Waals surface area contributed by atoms with Gasteiger partial charge in [-0.25, -0.2) is 9.97 Å². The van der Waals surface area contributed by atoms with Gasteiger partial charge in [-0.05, 0) is 99.8 Å². The topological polar surface area (TPSA) is 29.0 Å². The average Bonchev–Trinajstić information content (AvgIpc) is 3.54. The van der Waals surface area contributed by atoms with Crippen LogP contribution < -0.4 is 4.90 Å². The van der Waals surface area contributed by atoms with Gasteiger partial charge in [-0.1, -0.05) is 146 Å². The Bertz CT molecular complexity index is 2780. The maximum atomic E-state index is 5.20. The van der Waals surface area contributed by atoms with Crippen LogP contribution in [0.25, 0.3) is 50.2 Å². The normalized spacial score (nSPS) is 14.9. The monoisotopic (exact) mass is 689 g/mol. The van der Waals surface area contributed by atoms with Gasteiger partial charge < -0.3 is 4.90 Å². The molecule has 0 radical (unpaired) electrons. The van der Waals surface area contributed by atoms with E-state index in [1.165, 1.54) is 56.0 Å².